The van der Waals surface area contributed by atoms with Crippen LogP contribution in [-0.2, 0) is 0 Å². The Labute approximate surface area is 157 Å². The Balaban J connectivity index is 1.42. The predicted octanol–water partition coefficient (Wildman–Crippen LogP) is 3.06. The zero-order chi connectivity index (χ0) is 18.2. The third-order valence-corrected chi connectivity index (χ3v) is 5.06. The average Bonchev–Trinajstić information content (AvgIpc) is 3.46. The van der Waals surface area contributed by atoms with Crippen molar-refractivity contribution in [2.75, 3.05) is 24.6 Å². The van der Waals surface area contributed by atoms with Crippen LogP contribution >= 0.6 is 0 Å². The van der Waals surface area contributed by atoms with Gasteiger partial charge in [-0.25, -0.2) is 4.98 Å². The van der Waals surface area contributed by atoms with E-state index in [0.29, 0.717) is 19.1 Å². The highest BCUT2D eigenvalue weighted by atomic mass is 16.6. The van der Waals surface area contributed by atoms with Gasteiger partial charge in [-0.1, -0.05) is 19.1 Å². The molecule has 1 aromatic carbocycles. The summed E-state index contributed by atoms with van der Waals surface area (Å²) in [6.45, 7) is 4.26. The van der Waals surface area contributed by atoms with E-state index in [-0.39, 0.29) is 6.10 Å². The second kappa shape index (κ2) is 6.72. The molecule has 2 aromatic heterocycles. The summed E-state index contributed by atoms with van der Waals surface area (Å²) in [7, 11) is 0. The number of aromatic nitrogens is 4. The van der Waals surface area contributed by atoms with E-state index in [1.54, 1.807) is 0 Å². The van der Waals surface area contributed by atoms with Gasteiger partial charge in [0.15, 0.2) is 23.4 Å². The van der Waals surface area contributed by atoms with Gasteiger partial charge >= 0.3 is 0 Å². The van der Waals surface area contributed by atoms with Crippen LogP contribution in [0.4, 0.5) is 5.82 Å². The molecule has 3 heterocycles. The summed E-state index contributed by atoms with van der Waals surface area (Å²) >= 11 is 0. The number of hydrogen-bond donors (Lipinski definition) is 0. The number of fused-ring (bicyclic) bond motifs is 2. The van der Waals surface area contributed by atoms with Crippen molar-refractivity contribution in [1.29, 1.82) is 0 Å². The molecule has 0 radical (unpaired) electrons. The molecule has 7 nitrogen and oxygen atoms in total. The molecular weight excluding hydrogens is 342 g/mol. The first kappa shape index (κ1) is 16.4. The standard InChI is InChI=1S/C20H23N5O2/c1-2-10-24(12-15-13-26-16-5-3-4-6-17(16)27-15)19-20-23-22-18(14-7-8-14)25(20)11-9-21-19/h3-6,9,11,14-15H,2,7-8,10,12-13H2,1H3. The van der Waals surface area contributed by atoms with E-state index in [2.05, 4.69) is 31.4 Å². The van der Waals surface area contributed by atoms with Crippen LogP contribution in [0, 0.1) is 0 Å². The maximum Gasteiger partial charge on any atom is 0.203 e. The first-order valence-electron chi connectivity index (χ1n) is 9.66. The molecule has 1 fully saturated rings. The second-order valence-corrected chi connectivity index (χ2v) is 7.22. The minimum Gasteiger partial charge on any atom is -0.486 e. The van der Waals surface area contributed by atoms with E-state index in [1.807, 2.05) is 36.7 Å². The van der Waals surface area contributed by atoms with Gasteiger partial charge in [0.05, 0.1) is 6.54 Å². The molecule has 1 aliphatic carbocycles. The van der Waals surface area contributed by atoms with Gasteiger partial charge < -0.3 is 14.4 Å². The number of rotatable bonds is 6. The van der Waals surface area contributed by atoms with Crippen molar-refractivity contribution < 1.29 is 9.47 Å². The van der Waals surface area contributed by atoms with Gasteiger partial charge in [-0.05, 0) is 31.4 Å². The summed E-state index contributed by atoms with van der Waals surface area (Å²) in [6.07, 6.45) is 7.16. The zero-order valence-electron chi connectivity index (χ0n) is 15.4. The van der Waals surface area contributed by atoms with Gasteiger partial charge in [0.25, 0.3) is 0 Å². The van der Waals surface area contributed by atoms with Crippen LogP contribution in [0.3, 0.4) is 0 Å². The molecule has 0 saturated heterocycles. The zero-order valence-corrected chi connectivity index (χ0v) is 15.4. The summed E-state index contributed by atoms with van der Waals surface area (Å²) in [5, 5.41) is 8.88. The lowest BCUT2D eigenvalue weighted by Crippen LogP contribution is -2.42. The quantitative estimate of drug-likeness (QED) is 0.669. The molecule has 140 valence electrons. The van der Waals surface area contributed by atoms with Crippen molar-refractivity contribution in [3.63, 3.8) is 0 Å². The molecule has 1 saturated carbocycles. The Morgan fingerprint density at radius 1 is 1.19 bits per heavy atom. The second-order valence-electron chi connectivity index (χ2n) is 7.22. The average molecular weight is 365 g/mol. The smallest absolute Gasteiger partial charge is 0.203 e. The van der Waals surface area contributed by atoms with Crippen molar-refractivity contribution >= 4 is 11.5 Å². The SMILES string of the molecule is CCCN(CC1COc2ccccc2O1)c1nccn2c(C3CC3)nnc12. The van der Waals surface area contributed by atoms with Gasteiger partial charge in [0, 0.05) is 24.9 Å². The van der Waals surface area contributed by atoms with Gasteiger partial charge in [0.2, 0.25) is 5.65 Å². The van der Waals surface area contributed by atoms with E-state index in [9.17, 15) is 0 Å². The van der Waals surface area contributed by atoms with Crippen molar-refractivity contribution in [2.45, 2.75) is 38.2 Å². The Bertz CT molecular complexity index is 952. The first-order chi connectivity index (χ1) is 13.3. The van der Waals surface area contributed by atoms with E-state index in [1.165, 1.54) is 12.8 Å². The fourth-order valence-electron chi connectivity index (χ4n) is 3.63. The number of ether oxygens (including phenoxy) is 2. The highest BCUT2D eigenvalue weighted by Gasteiger charge is 2.30. The maximum absolute atomic E-state index is 6.16. The summed E-state index contributed by atoms with van der Waals surface area (Å²) in [4.78, 5) is 6.87. The molecule has 5 rings (SSSR count). The fourth-order valence-corrected chi connectivity index (χ4v) is 3.63. The minimum absolute atomic E-state index is 0.0562. The summed E-state index contributed by atoms with van der Waals surface area (Å²) in [5.41, 5.74) is 0.824. The monoisotopic (exact) mass is 365 g/mol. The number of hydrogen-bond acceptors (Lipinski definition) is 6. The minimum atomic E-state index is -0.0562. The molecule has 1 atom stereocenters. The highest BCUT2D eigenvalue weighted by Crippen LogP contribution is 2.39. The molecule has 0 bridgehead atoms. The van der Waals surface area contributed by atoms with E-state index in [0.717, 1.165) is 41.8 Å². The fraction of sp³-hybridized carbons (Fsp3) is 0.450. The largest absolute Gasteiger partial charge is 0.486 e. The van der Waals surface area contributed by atoms with Crippen LogP contribution in [-0.4, -0.2) is 45.4 Å². The molecule has 2 aliphatic rings. The highest BCUT2D eigenvalue weighted by molar-refractivity contribution is 5.64. The van der Waals surface area contributed by atoms with E-state index < -0.39 is 0 Å². The van der Waals surface area contributed by atoms with Gasteiger partial charge in [-0.15, -0.1) is 10.2 Å². The Kier molecular flexibility index (Phi) is 4.07. The first-order valence-corrected chi connectivity index (χ1v) is 9.66. The van der Waals surface area contributed by atoms with Crippen LogP contribution < -0.4 is 14.4 Å². The molecular formula is C20H23N5O2. The van der Waals surface area contributed by atoms with Gasteiger partial charge in [-0.3, -0.25) is 4.40 Å². The summed E-state index contributed by atoms with van der Waals surface area (Å²) in [5.74, 6) is 4.07. The van der Waals surface area contributed by atoms with Crippen LogP contribution in [0.2, 0.25) is 0 Å². The molecule has 27 heavy (non-hydrogen) atoms. The predicted molar refractivity (Wildman–Crippen MR) is 102 cm³/mol. The van der Waals surface area contributed by atoms with Crippen LogP contribution in [0.1, 0.15) is 37.9 Å². The maximum atomic E-state index is 6.16. The van der Waals surface area contributed by atoms with Gasteiger partial charge in [-0.2, -0.15) is 0 Å². The van der Waals surface area contributed by atoms with Crippen molar-refractivity contribution in [1.82, 2.24) is 19.6 Å². The molecule has 7 heteroatoms. The molecule has 0 N–H and O–H groups in total. The van der Waals surface area contributed by atoms with E-state index in [4.69, 9.17) is 9.47 Å². The van der Waals surface area contributed by atoms with Crippen LogP contribution in [0.25, 0.3) is 5.65 Å². The molecule has 0 spiro atoms. The number of para-hydroxylation sites is 2. The van der Waals surface area contributed by atoms with Crippen molar-refractivity contribution in [3.05, 3.63) is 42.5 Å². The van der Waals surface area contributed by atoms with Crippen LogP contribution in [0.15, 0.2) is 36.7 Å². The van der Waals surface area contributed by atoms with Crippen LogP contribution in [0.5, 0.6) is 11.5 Å². The van der Waals surface area contributed by atoms with Crippen molar-refractivity contribution in [2.24, 2.45) is 0 Å². The molecule has 1 unspecified atom stereocenters. The lowest BCUT2D eigenvalue weighted by Gasteiger charge is -2.31. The third-order valence-electron chi connectivity index (χ3n) is 5.06. The lowest BCUT2D eigenvalue weighted by atomic mass is 10.2. The topological polar surface area (TPSA) is 64.8 Å². The number of benzene rings is 1. The number of nitrogens with zero attached hydrogens (tertiary/aromatic N) is 5. The van der Waals surface area contributed by atoms with E-state index >= 15 is 0 Å². The van der Waals surface area contributed by atoms with Crippen molar-refractivity contribution in [3.8, 4) is 11.5 Å². The number of anilines is 1. The normalized spacial score (nSPS) is 18.6. The molecule has 1 aliphatic heterocycles. The lowest BCUT2D eigenvalue weighted by molar-refractivity contribution is 0.0951. The Hall–Kier alpha value is -2.83. The Morgan fingerprint density at radius 2 is 2.04 bits per heavy atom. The van der Waals surface area contributed by atoms with Gasteiger partial charge in [0.1, 0.15) is 12.4 Å². The summed E-state index contributed by atoms with van der Waals surface area (Å²) in [6, 6.07) is 7.81. The molecule has 3 aromatic rings. The Morgan fingerprint density at radius 3 is 2.85 bits per heavy atom. The molecule has 0 amide bonds. The third kappa shape index (κ3) is 3.07. The summed E-state index contributed by atoms with van der Waals surface area (Å²) < 4.78 is 14.1.